The van der Waals surface area contributed by atoms with Crippen LogP contribution >= 0.6 is 11.6 Å². The van der Waals surface area contributed by atoms with E-state index in [9.17, 15) is 17.6 Å². The van der Waals surface area contributed by atoms with Crippen molar-refractivity contribution in [1.29, 1.82) is 0 Å². The molecule has 8 heteroatoms. The molecule has 0 saturated heterocycles. The lowest BCUT2D eigenvalue weighted by atomic mass is 10.1. The van der Waals surface area contributed by atoms with Gasteiger partial charge in [0.2, 0.25) is 15.9 Å². The van der Waals surface area contributed by atoms with Gasteiger partial charge in [-0.3, -0.25) is 9.10 Å². The van der Waals surface area contributed by atoms with Crippen molar-refractivity contribution in [2.75, 3.05) is 17.1 Å². The van der Waals surface area contributed by atoms with Crippen molar-refractivity contribution in [2.24, 2.45) is 0 Å². The van der Waals surface area contributed by atoms with E-state index in [0.717, 1.165) is 11.8 Å². The summed E-state index contributed by atoms with van der Waals surface area (Å²) >= 11 is 6.11. The number of carbonyl (C=O) groups is 1. The molecule has 2 aromatic carbocycles. The van der Waals surface area contributed by atoms with E-state index in [1.807, 2.05) is 6.92 Å². The Morgan fingerprint density at radius 1 is 1.21 bits per heavy atom. The van der Waals surface area contributed by atoms with Gasteiger partial charge in [0, 0.05) is 18.0 Å². The fraction of sp³-hybridized carbons (Fsp3) is 0.350. The van der Waals surface area contributed by atoms with E-state index in [0.29, 0.717) is 22.7 Å². The number of rotatable bonds is 8. The summed E-state index contributed by atoms with van der Waals surface area (Å²) in [5, 5.41) is 3.32. The first-order valence-electron chi connectivity index (χ1n) is 8.87. The molecule has 1 amide bonds. The van der Waals surface area contributed by atoms with Crippen LogP contribution in [0.4, 0.5) is 10.1 Å². The second-order valence-electron chi connectivity index (χ2n) is 6.66. The topological polar surface area (TPSA) is 66.5 Å². The monoisotopic (exact) mass is 426 g/mol. The summed E-state index contributed by atoms with van der Waals surface area (Å²) in [5.41, 5.74) is 1.97. The largest absolute Gasteiger partial charge is 0.350 e. The Labute approximate surface area is 170 Å². The lowest BCUT2D eigenvalue weighted by molar-refractivity contribution is -0.121. The second-order valence-corrected chi connectivity index (χ2v) is 8.98. The number of sulfonamides is 1. The number of nitrogens with one attached hydrogen (secondary N) is 1. The number of amides is 1. The number of hydrogen-bond donors (Lipinski definition) is 1. The fourth-order valence-corrected chi connectivity index (χ4v) is 4.05. The summed E-state index contributed by atoms with van der Waals surface area (Å²) in [4.78, 5) is 12.2. The molecule has 1 N–H and O–H groups in total. The first-order chi connectivity index (χ1) is 13.1. The Balaban J connectivity index is 1.97. The minimum Gasteiger partial charge on any atom is -0.350 e. The van der Waals surface area contributed by atoms with Gasteiger partial charge in [-0.05, 0) is 55.7 Å². The van der Waals surface area contributed by atoms with Crippen LogP contribution in [0.2, 0.25) is 5.02 Å². The minimum absolute atomic E-state index is 0.164. The summed E-state index contributed by atoms with van der Waals surface area (Å²) in [6.07, 6.45) is 1.64. The quantitative estimate of drug-likeness (QED) is 0.687. The van der Waals surface area contributed by atoms with Gasteiger partial charge < -0.3 is 5.32 Å². The minimum atomic E-state index is -3.52. The maximum atomic E-state index is 13.0. The van der Waals surface area contributed by atoms with Crippen molar-refractivity contribution in [1.82, 2.24) is 5.32 Å². The third-order valence-electron chi connectivity index (χ3n) is 4.42. The second kappa shape index (κ2) is 9.39. The van der Waals surface area contributed by atoms with E-state index in [4.69, 9.17) is 11.6 Å². The van der Waals surface area contributed by atoms with Crippen LogP contribution in [0.15, 0.2) is 42.5 Å². The number of carbonyl (C=O) groups excluding carboxylic acids is 1. The zero-order chi connectivity index (χ0) is 20.9. The van der Waals surface area contributed by atoms with Crippen molar-refractivity contribution < 1.29 is 17.6 Å². The Kier molecular flexibility index (Phi) is 7.43. The summed E-state index contributed by atoms with van der Waals surface area (Å²) in [5.74, 6) is -0.535. The van der Waals surface area contributed by atoms with Crippen molar-refractivity contribution in [2.45, 2.75) is 32.7 Å². The normalized spacial score (nSPS) is 12.5. The molecule has 0 bridgehead atoms. The van der Waals surface area contributed by atoms with Crippen LogP contribution in [0, 0.1) is 12.7 Å². The van der Waals surface area contributed by atoms with E-state index >= 15 is 0 Å². The van der Waals surface area contributed by atoms with Gasteiger partial charge in [0.1, 0.15) is 5.82 Å². The molecule has 0 aliphatic heterocycles. The molecule has 0 aliphatic carbocycles. The van der Waals surface area contributed by atoms with Gasteiger partial charge in [0.25, 0.3) is 0 Å². The Bertz CT molecular complexity index is 933. The Morgan fingerprint density at radius 3 is 2.46 bits per heavy atom. The number of hydrogen-bond acceptors (Lipinski definition) is 3. The number of halogens is 2. The van der Waals surface area contributed by atoms with Gasteiger partial charge in [0.05, 0.1) is 18.0 Å². The van der Waals surface area contributed by atoms with Crippen molar-refractivity contribution in [3.05, 3.63) is 64.4 Å². The molecule has 2 rings (SSSR count). The molecule has 0 unspecified atom stereocenters. The smallest absolute Gasteiger partial charge is 0.232 e. The molecule has 0 spiro atoms. The molecule has 1 atom stereocenters. The van der Waals surface area contributed by atoms with E-state index in [1.165, 1.54) is 16.4 Å². The zero-order valence-corrected chi connectivity index (χ0v) is 17.6. The summed E-state index contributed by atoms with van der Waals surface area (Å²) in [6.45, 7) is 3.73. The molecular weight excluding hydrogens is 403 g/mol. The molecule has 28 heavy (non-hydrogen) atoms. The SMILES string of the molecule is Cc1c(Cl)cccc1N(CCCC(=O)N[C@H](C)c1ccc(F)cc1)S(C)(=O)=O. The first-order valence-corrected chi connectivity index (χ1v) is 11.1. The predicted octanol–water partition coefficient (Wildman–Crippen LogP) is 4.21. The van der Waals surface area contributed by atoms with Gasteiger partial charge >= 0.3 is 0 Å². The average Bonchev–Trinajstić information content (AvgIpc) is 2.61. The van der Waals surface area contributed by atoms with Crippen LogP contribution < -0.4 is 9.62 Å². The van der Waals surface area contributed by atoms with Crippen LogP contribution in [0.3, 0.4) is 0 Å². The number of anilines is 1. The molecule has 5 nitrogen and oxygen atoms in total. The maximum absolute atomic E-state index is 13.0. The van der Waals surface area contributed by atoms with Gasteiger partial charge in [-0.15, -0.1) is 0 Å². The molecule has 0 radical (unpaired) electrons. The summed E-state index contributed by atoms with van der Waals surface area (Å²) in [7, 11) is -3.52. The molecule has 0 fully saturated rings. The predicted molar refractivity (Wildman–Crippen MR) is 111 cm³/mol. The summed E-state index contributed by atoms with van der Waals surface area (Å²) in [6, 6.07) is 10.7. The molecular formula is C20H24ClFN2O3S. The molecule has 0 aliphatic rings. The highest BCUT2D eigenvalue weighted by atomic mass is 35.5. The van der Waals surface area contributed by atoms with Gasteiger partial charge in [-0.2, -0.15) is 0 Å². The Hall–Kier alpha value is -2.12. The fourth-order valence-electron chi connectivity index (χ4n) is 2.86. The van der Waals surface area contributed by atoms with Crippen LogP contribution in [-0.4, -0.2) is 27.1 Å². The van der Waals surface area contributed by atoms with Gasteiger partial charge in [-0.1, -0.05) is 29.8 Å². The molecule has 0 saturated carbocycles. The molecule has 0 heterocycles. The lowest BCUT2D eigenvalue weighted by Gasteiger charge is -2.24. The number of benzene rings is 2. The van der Waals surface area contributed by atoms with Crippen LogP contribution in [0.5, 0.6) is 0 Å². The maximum Gasteiger partial charge on any atom is 0.232 e. The first kappa shape index (κ1) is 22.2. The van der Waals surface area contributed by atoms with E-state index < -0.39 is 10.0 Å². The van der Waals surface area contributed by atoms with Crippen molar-refractivity contribution in [3.8, 4) is 0 Å². The van der Waals surface area contributed by atoms with Gasteiger partial charge in [-0.25, -0.2) is 12.8 Å². The van der Waals surface area contributed by atoms with Crippen LogP contribution in [0.1, 0.15) is 36.9 Å². The highest BCUT2D eigenvalue weighted by molar-refractivity contribution is 7.92. The molecule has 152 valence electrons. The van der Waals surface area contributed by atoms with E-state index in [1.54, 1.807) is 37.3 Å². The van der Waals surface area contributed by atoms with Crippen LogP contribution in [-0.2, 0) is 14.8 Å². The summed E-state index contributed by atoms with van der Waals surface area (Å²) < 4.78 is 38.7. The van der Waals surface area contributed by atoms with Crippen LogP contribution in [0.25, 0.3) is 0 Å². The average molecular weight is 427 g/mol. The van der Waals surface area contributed by atoms with Crippen molar-refractivity contribution >= 4 is 33.2 Å². The zero-order valence-electron chi connectivity index (χ0n) is 16.1. The lowest BCUT2D eigenvalue weighted by Crippen LogP contribution is -2.33. The highest BCUT2D eigenvalue weighted by Crippen LogP contribution is 2.28. The standard InChI is InChI=1S/C20H24ClFN2O3S/c1-14-18(21)6-4-7-19(14)24(28(3,26)27)13-5-8-20(25)23-15(2)16-9-11-17(22)12-10-16/h4,6-7,9-12,15H,5,8,13H2,1-3H3,(H,23,25)/t15-/m1/s1. The van der Waals surface area contributed by atoms with Crippen molar-refractivity contribution in [3.63, 3.8) is 0 Å². The third-order valence-corrected chi connectivity index (χ3v) is 6.01. The van der Waals surface area contributed by atoms with E-state index in [2.05, 4.69) is 5.32 Å². The van der Waals surface area contributed by atoms with Gasteiger partial charge in [0.15, 0.2) is 0 Å². The Morgan fingerprint density at radius 2 is 1.86 bits per heavy atom. The van der Waals surface area contributed by atoms with E-state index in [-0.39, 0.29) is 30.7 Å². The molecule has 2 aromatic rings. The third kappa shape index (κ3) is 5.94. The highest BCUT2D eigenvalue weighted by Gasteiger charge is 2.20. The molecule has 0 aromatic heterocycles. The number of nitrogens with zero attached hydrogens (tertiary/aromatic N) is 1.